The van der Waals surface area contributed by atoms with Gasteiger partial charge in [0, 0.05) is 16.1 Å². The van der Waals surface area contributed by atoms with Crippen LogP contribution in [0.1, 0.15) is 52.1 Å². The largest absolute Gasteiger partial charge is 0.490 e. The van der Waals surface area contributed by atoms with Gasteiger partial charge < -0.3 is 15.2 Å². The zero-order valence-corrected chi connectivity index (χ0v) is 14.5. The smallest absolute Gasteiger partial charge is 0.124 e. The molecule has 0 saturated heterocycles. The van der Waals surface area contributed by atoms with Crippen LogP contribution in [-0.2, 0) is 0 Å². The minimum atomic E-state index is -0.744. The molecule has 0 aliphatic heterocycles. The molecule has 0 radical (unpaired) electrons. The second kappa shape index (κ2) is 8.01. The number of rotatable bonds is 8. The summed E-state index contributed by atoms with van der Waals surface area (Å²) < 4.78 is 6.93. The first-order valence-corrected chi connectivity index (χ1v) is 8.13. The predicted octanol–water partition coefficient (Wildman–Crippen LogP) is 4.05. The third-order valence-corrected chi connectivity index (χ3v) is 4.25. The highest BCUT2D eigenvalue weighted by Gasteiger charge is 2.24. The number of nitrogens with one attached hydrogen (secondary N) is 1. The molecule has 4 heteroatoms. The first kappa shape index (κ1) is 17.5. The first-order chi connectivity index (χ1) is 9.45. The fourth-order valence-electron chi connectivity index (χ4n) is 2.07. The number of hydrogen-bond donors (Lipinski definition) is 2. The van der Waals surface area contributed by atoms with Gasteiger partial charge in [-0.2, -0.15) is 0 Å². The summed E-state index contributed by atoms with van der Waals surface area (Å²) in [6.07, 6.45) is 1.39. The van der Waals surface area contributed by atoms with E-state index in [2.05, 4.69) is 41.2 Å². The summed E-state index contributed by atoms with van der Waals surface area (Å²) in [7, 11) is 0. The second-order valence-electron chi connectivity index (χ2n) is 5.18. The molecule has 114 valence electrons. The summed E-state index contributed by atoms with van der Waals surface area (Å²) in [6, 6.07) is 6.20. The van der Waals surface area contributed by atoms with Crippen molar-refractivity contribution in [2.75, 3.05) is 13.2 Å². The van der Waals surface area contributed by atoms with Crippen LogP contribution in [0.4, 0.5) is 0 Å². The van der Waals surface area contributed by atoms with Crippen molar-refractivity contribution in [1.29, 1.82) is 0 Å². The molecule has 1 rings (SSSR count). The Labute approximate surface area is 130 Å². The Morgan fingerprint density at radius 2 is 1.95 bits per heavy atom. The lowest BCUT2D eigenvalue weighted by Gasteiger charge is -2.26. The van der Waals surface area contributed by atoms with Gasteiger partial charge in [-0.15, -0.1) is 0 Å². The molecule has 3 nitrogen and oxygen atoms in total. The number of hydrogen-bond acceptors (Lipinski definition) is 3. The Morgan fingerprint density at radius 3 is 2.50 bits per heavy atom. The topological polar surface area (TPSA) is 41.5 Å². The van der Waals surface area contributed by atoms with Gasteiger partial charge in [0.15, 0.2) is 0 Å². The van der Waals surface area contributed by atoms with Crippen molar-refractivity contribution in [3.63, 3.8) is 0 Å². The number of aliphatic hydroxyl groups is 1. The SMILES string of the molecule is CCNC(C)c1cc(Br)ccc1OCC(O)(CC)CC. The quantitative estimate of drug-likeness (QED) is 0.748. The third-order valence-electron chi connectivity index (χ3n) is 3.76. The molecule has 0 bridgehead atoms. The predicted molar refractivity (Wildman–Crippen MR) is 87.3 cm³/mol. The van der Waals surface area contributed by atoms with Gasteiger partial charge in [0.2, 0.25) is 0 Å². The van der Waals surface area contributed by atoms with Crippen molar-refractivity contribution >= 4 is 15.9 Å². The van der Waals surface area contributed by atoms with Crippen LogP contribution >= 0.6 is 15.9 Å². The van der Waals surface area contributed by atoms with Gasteiger partial charge in [-0.1, -0.05) is 36.7 Å². The number of benzene rings is 1. The summed E-state index contributed by atoms with van der Waals surface area (Å²) >= 11 is 3.50. The van der Waals surface area contributed by atoms with E-state index in [9.17, 15) is 5.11 Å². The summed E-state index contributed by atoms with van der Waals surface area (Å²) in [5.41, 5.74) is 0.363. The monoisotopic (exact) mass is 343 g/mol. The molecule has 0 spiro atoms. The fraction of sp³-hybridized carbons (Fsp3) is 0.625. The average Bonchev–Trinajstić information content (AvgIpc) is 2.45. The Balaban J connectivity index is 2.89. The van der Waals surface area contributed by atoms with E-state index in [1.54, 1.807) is 0 Å². The van der Waals surface area contributed by atoms with Crippen molar-refractivity contribution in [2.24, 2.45) is 0 Å². The lowest BCUT2D eigenvalue weighted by Crippen LogP contribution is -2.34. The average molecular weight is 344 g/mol. The summed E-state index contributed by atoms with van der Waals surface area (Å²) in [5, 5.41) is 13.7. The maximum absolute atomic E-state index is 10.3. The number of ether oxygens (including phenoxy) is 1. The molecule has 1 atom stereocenters. The van der Waals surface area contributed by atoms with Crippen molar-refractivity contribution in [2.45, 2.75) is 52.2 Å². The molecule has 0 fully saturated rings. The van der Waals surface area contributed by atoms with Crippen LogP contribution < -0.4 is 10.1 Å². The van der Waals surface area contributed by atoms with Crippen LogP contribution in [0.2, 0.25) is 0 Å². The minimum Gasteiger partial charge on any atom is -0.490 e. The van der Waals surface area contributed by atoms with Crippen molar-refractivity contribution in [3.05, 3.63) is 28.2 Å². The van der Waals surface area contributed by atoms with E-state index in [1.807, 2.05) is 26.0 Å². The van der Waals surface area contributed by atoms with E-state index in [1.165, 1.54) is 0 Å². The molecule has 0 aliphatic carbocycles. The third kappa shape index (κ3) is 4.76. The molecule has 20 heavy (non-hydrogen) atoms. The van der Waals surface area contributed by atoms with Crippen molar-refractivity contribution in [1.82, 2.24) is 5.32 Å². The van der Waals surface area contributed by atoms with Gasteiger partial charge in [0.1, 0.15) is 12.4 Å². The highest BCUT2D eigenvalue weighted by Crippen LogP contribution is 2.29. The fourth-order valence-corrected chi connectivity index (χ4v) is 2.45. The summed E-state index contributed by atoms with van der Waals surface area (Å²) in [5.74, 6) is 0.835. The molecule has 0 amide bonds. The minimum absolute atomic E-state index is 0.212. The van der Waals surface area contributed by atoms with Gasteiger partial charge in [-0.25, -0.2) is 0 Å². The Bertz CT molecular complexity index is 419. The normalized spacial score (nSPS) is 13.3. The molecule has 1 unspecified atom stereocenters. The standard InChI is InChI=1S/C16H26BrNO2/c1-5-16(19,6-2)11-20-15-9-8-13(17)10-14(15)12(4)18-7-3/h8-10,12,18-19H,5-7,11H2,1-4H3. The highest BCUT2D eigenvalue weighted by molar-refractivity contribution is 9.10. The second-order valence-corrected chi connectivity index (χ2v) is 6.10. The molecule has 0 saturated carbocycles. The Morgan fingerprint density at radius 1 is 1.30 bits per heavy atom. The Kier molecular flexibility index (Phi) is 7.00. The molecule has 0 aromatic heterocycles. The Hall–Kier alpha value is -0.580. The van der Waals surface area contributed by atoms with Gasteiger partial charge in [-0.3, -0.25) is 0 Å². The van der Waals surface area contributed by atoms with E-state index in [0.717, 1.165) is 22.3 Å². The van der Waals surface area contributed by atoms with Crippen LogP contribution in [0.5, 0.6) is 5.75 Å². The van der Waals surface area contributed by atoms with E-state index in [0.29, 0.717) is 19.4 Å². The first-order valence-electron chi connectivity index (χ1n) is 7.33. The van der Waals surface area contributed by atoms with Crippen LogP contribution in [-0.4, -0.2) is 23.9 Å². The van der Waals surface area contributed by atoms with E-state index in [4.69, 9.17) is 4.74 Å². The number of halogens is 1. The molecular formula is C16H26BrNO2. The molecule has 1 aromatic rings. The summed E-state index contributed by atoms with van der Waals surface area (Å²) in [4.78, 5) is 0. The molecular weight excluding hydrogens is 318 g/mol. The van der Waals surface area contributed by atoms with Gasteiger partial charge in [-0.05, 0) is 44.5 Å². The van der Waals surface area contributed by atoms with Crippen molar-refractivity contribution in [3.8, 4) is 5.75 Å². The summed E-state index contributed by atoms with van der Waals surface area (Å²) in [6.45, 7) is 9.40. The lowest BCUT2D eigenvalue weighted by molar-refractivity contribution is -0.0117. The highest BCUT2D eigenvalue weighted by atomic mass is 79.9. The zero-order valence-electron chi connectivity index (χ0n) is 12.9. The van der Waals surface area contributed by atoms with Crippen molar-refractivity contribution < 1.29 is 9.84 Å². The van der Waals surface area contributed by atoms with Gasteiger partial charge in [0.05, 0.1) is 5.60 Å². The van der Waals surface area contributed by atoms with Crippen LogP contribution in [0.3, 0.4) is 0 Å². The maximum Gasteiger partial charge on any atom is 0.124 e. The molecule has 0 aliphatic rings. The van der Waals surface area contributed by atoms with E-state index < -0.39 is 5.60 Å². The zero-order chi connectivity index (χ0) is 15.2. The maximum atomic E-state index is 10.3. The van der Waals surface area contributed by atoms with Crippen LogP contribution in [0, 0.1) is 0 Å². The van der Waals surface area contributed by atoms with Gasteiger partial charge >= 0.3 is 0 Å². The molecule has 0 heterocycles. The van der Waals surface area contributed by atoms with E-state index >= 15 is 0 Å². The van der Waals surface area contributed by atoms with Crippen LogP contribution in [0.25, 0.3) is 0 Å². The molecule has 2 N–H and O–H groups in total. The van der Waals surface area contributed by atoms with Gasteiger partial charge in [0.25, 0.3) is 0 Å². The molecule has 1 aromatic carbocycles. The van der Waals surface area contributed by atoms with E-state index in [-0.39, 0.29) is 6.04 Å². The van der Waals surface area contributed by atoms with Crippen LogP contribution in [0.15, 0.2) is 22.7 Å². The lowest BCUT2D eigenvalue weighted by atomic mass is 9.99.